The van der Waals surface area contributed by atoms with Crippen LogP contribution >= 0.6 is 0 Å². The van der Waals surface area contributed by atoms with Crippen LogP contribution in [-0.2, 0) is 16.1 Å². The molecule has 28 heavy (non-hydrogen) atoms. The molecule has 3 atom stereocenters. The van der Waals surface area contributed by atoms with Crippen LogP contribution in [-0.4, -0.2) is 58.0 Å². The number of nitrogens with two attached hydrogens (primary N) is 2. The number of hydrogen-bond acceptors (Lipinski definition) is 7. The highest BCUT2D eigenvalue weighted by molar-refractivity contribution is 5.82. The second kappa shape index (κ2) is 10.1. The average Bonchev–Trinajstić information content (AvgIpc) is 3.04. The van der Waals surface area contributed by atoms with E-state index in [0.29, 0.717) is 26.1 Å². The van der Waals surface area contributed by atoms with Crippen molar-refractivity contribution in [1.82, 2.24) is 10.2 Å². The number of benzene rings is 1. The molecular formula is C18H27N5O5. The number of aliphatic carboxylic acids is 1. The predicted octanol–water partition coefficient (Wildman–Crippen LogP) is 0.195. The van der Waals surface area contributed by atoms with Crippen molar-refractivity contribution in [2.75, 3.05) is 13.1 Å². The van der Waals surface area contributed by atoms with Crippen LogP contribution < -0.4 is 16.8 Å². The Morgan fingerprint density at radius 3 is 2.57 bits per heavy atom. The van der Waals surface area contributed by atoms with E-state index >= 15 is 0 Å². The molecule has 1 saturated heterocycles. The number of nitro benzene ring substituents is 1. The number of hydrogen-bond donors (Lipinski definition) is 4. The van der Waals surface area contributed by atoms with Crippen molar-refractivity contribution < 1.29 is 19.6 Å². The normalized spacial score (nSPS) is 20.6. The number of nitrogens with zero attached hydrogens (tertiary/aromatic N) is 2. The van der Waals surface area contributed by atoms with Gasteiger partial charge in [0.05, 0.1) is 11.0 Å². The molecule has 0 bridgehead atoms. The van der Waals surface area contributed by atoms with Crippen molar-refractivity contribution >= 4 is 17.6 Å². The maximum absolute atomic E-state index is 12.2. The number of carboxylic acids is 1. The minimum atomic E-state index is -0.967. The smallest absolute Gasteiger partial charge is 0.321 e. The molecule has 1 amide bonds. The number of nitrogens with one attached hydrogen (secondary N) is 1. The second-order valence-electron chi connectivity index (χ2n) is 7.04. The van der Waals surface area contributed by atoms with Gasteiger partial charge >= 0.3 is 5.97 Å². The SMILES string of the molecule is NCCCC[C@H](N)C(=O)N[C@H]1C[C@@H](C(=O)O)N(Cc2ccc([N+](=O)[O-])cc2)C1. The number of non-ortho nitro benzene ring substituents is 1. The van der Waals surface area contributed by atoms with E-state index < -0.39 is 23.0 Å². The van der Waals surface area contributed by atoms with E-state index in [0.717, 1.165) is 18.4 Å². The fraction of sp³-hybridized carbons (Fsp3) is 0.556. The molecule has 10 heteroatoms. The van der Waals surface area contributed by atoms with Gasteiger partial charge in [0.15, 0.2) is 0 Å². The zero-order valence-corrected chi connectivity index (χ0v) is 15.6. The van der Waals surface area contributed by atoms with Gasteiger partial charge in [-0.15, -0.1) is 0 Å². The summed E-state index contributed by atoms with van der Waals surface area (Å²) in [7, 11) is 0. The Morgan fingerprint density at radius 1 is 1.32 bits per heavy atom. The molecule has 1 aromatic carbocycles. The lowest BCUT2D eigenvalue weighted by molar-refractivity contribution is -0.384. The van der Waals surface area contributed by atoms with Crippen LogP contribution in [0.5, 0.6) is 0 Å². The van der Waals surface area contributed by atoms with Crippen LogP contribution in [0.15, 0.2) is 24.3 Å². The van der Waals surface area contributed by atoms with E-state index in [-0.39, 0.29) is 24.1 Å². The molecule has 0 spiro atoms. The molecule has 0 aliphatic carbocycles. The highest BCUT2D eigenvalue weighted by atomic mass is 16.6. The Kier molecular flexibility index (Phi) is 7.85. The Bertz CT molecular complexity index is 696. The van der Waals surface area contributed by atoms with Crippen molar-refractivity contribution in [3.63, 3.8) is 0 Å². The number of rotatable bonds is 10. The van der Waals surface area contributed by atoms with E-state index in [9.17, 15) is 24.8 Å². The van der Waals surface area contributed by atoms with E-state index in [4.69, 9.17) is 11.5 Å². The lowest BCUT2D eigenvalue weighted by Crippen LogP contribution is -2.46. The maximum Gasteiger partial charge on any atom is 0.321 e. The molecule has 0 radical (unpaired) electrons. The van der Waals surface area contributed by atoms with Crippen LogP contribution in [0.4, 0.5) is 5.69 Å². The van der Waals surface area contributed by atoms with Gasteiger partial charge in [0.25, 0.3) is 5.69 Å². The zero-order valence-electron chi connectivity index (χ0n) is 15.6. The molecule has 6 N–H and O–H groups in total. The third-order valence-corrected chi connectivity index (χ3v) is 4.87. The molecular weight excluding hydrogens is 366 g/mol. The second-order valence-corrected chi connectivity index (χ2v) is 7.04. The number of likely N-dealkylation sites (tertiary alicyclic amines) is 1. The van der Waals surface area contributed by atoms with E-state index in [1.807, 2.05) is 0 Å². The van der Waals surface area contributed by atoms with Gasteiger partial charge in [-0.05, 0) is 31.4 Å². The van der Waals surface area contributed by atoms with Gasteiger partial charge in [-0.3, -0.25) is 24.6 Å². The minimum Gasteiger partial charge on any atom is -0.480 e. The summed E-state index contributed by atoms with van der Waals surface area (Å²) in [6, 6.07) is 4.30. The number of carboxylic acid groups (broad SMARTS) is 1. The van der Waals surface area contributed by atoms with Crippen LogP contribution in [0.25, 0.3) is 0 Å². The topological polar surface area (TPSA) is 165 Å². The summed E-state index contributed by atoms with van der Waals surface area (Å²) in [5.74, 6) is -1.26. The molecule has 1 heterocycles. The molecule has 1 fully saturated rings. The van der Waals surface area contributed by atoms with Gasteiger partial charge in [-0.25, -0.2) is 0 Å². The monoisotopic (exact) mass is 393 g/mol. The van der Waals surface area contributed by atoms with E-state index in [1.54, 1.807) is 17.0 Å². The van der Waals surface area contributed by atoms with Crippen LogP contribution in [0, 0.1) is 10.1 Å². The van der Waals surface area contributed by atoms with Crippen LogP contribution in [0.1, 0.15) is 31.2 Å². The number of nitro groups is 1. The molecule has 1 aliphatic heterocycles. The highest BCUT2D eigenvalue weighted by Gasteiger charge is 2.37. The first-order valence-electron chi connectivity index (χ1n) is 9.28. The first kappa shape index (κ1) is 21.7. The van der Waals surface area contributed by atoms with Crippen LogP contribution in [0.2, 0.25) is 0 Å². The predicted molar refractivity (Wildman–Crippen MR) is 102 cm³/mol. The maximum atomic E-state index is 12.2. The molecule has 1 aliphatic rings. The van der Waals surface area contributed by atoms with Gasteiger partial charge in [0, 0.05) is 31.3 Å². The number of unbranched alkanes of at least 4 members (excludes halogenated alkanes) is 1. The Hall–Kier alpha value is -2.56. The van der Waals surface area contributed by atoms with Crippen LogP contribution in [0.3, 0.4) is 0 Å². The van der Waals surface area contributed by atoms with Crippen molar-refractivity contribution in [3.8, 4) is 0 Å². The largest absolute Gasteiger partial charge is 0.480 e. The lowest BCUT2D eigenvalue weighted by atomic mass is 10.1. The Morgan fingerprint density at radius 2 is 2.00 bits per heavy atom. The molecule has 1 aromatic rings. The van der Waals surface area contributed by atoms with Crippen molar-refractivity contribution in [3.05, 3.63) is 39.9 Å². The van der Waals surface area contributed by atoms with E-state index in [2.05, 4.69) is 5.32 Å². The van der Waals surface area contributed by atoms with E-state index in [1.165, 1.54) is 12.1 Å². The first-order chi connectivity index (χ1) is 13.3. The molecule has 0 aromatic heterocycles. The molecule has 2 rings (SSSR count). The summed E-state index contributed by atoms with van der Waals surface area (Å²) < 4.78 is 0. The number of carbonyl (C=O) groups excluding carboxylic acids is 1. The van der Waals surface area contributed by atoms with Gasteiger partial charge in [0.1, 0.15) is 6.04 Å². The van der Waals surface area contributed by atoms with Gasteiger partial charge in [0.2, 0.25) is 5.91 Å². The van der Waals surface area contributed by atoms with Crippen molar-refractivity contribution in [1.29, 1.82) is 0 Å². The summed E-state index contributed by atoms with van der Waals surface area (Å²) >= 11 is 0. The summed E-state index contributed by atoms with van der Waals surface area (Å²) in [6.45, 7) is 1.24. The molecule has 10 nitrogen and oxygen atoms in total. The van der Waals surface area contributed by atoms with Gasteiger partial charge in [-0.2, -0.15) is 0 Å². The quantitative estimate of drug-likeness (QED) is 0.248. The third-order valence-electron chi connectivity index (χ3n) is 4.87. The van der Waals surface area contributed by atoms with Gasteiger partial charge in [-0.1, -0.05) is 18.6 Å². The Labute approximate surface area is 163 Å². The molecule has 0 unspecified atom stereocenters. The highest BCUT2D eigenvalue weighted by Crippen LogP contribution is 2.22. The first-order valence-corrected chi connectivity index (χ1v) is 9.28. The summed E-state index contributed by atoms with van der Waals surface area (Å²) in [5, 5.41) is 23.1. The fourth-order valence-electron chi connectivity index (χ4n) is 3.35. The summed E-state index contributed by atoms with van der Waals surface area (Å²) in [4.78, 5) is 35.8. The molecule has 0 saturated carbocycles. The van der Waals surface area contributed by atoms with Crippen molar-refractivity contribution in [2.24, 2.45) is 11.5 Å². The number of carbonyl (C=O) groups is 2. The summed E-state index contributed by atoms with van der Waals surface area (Å²) in [5.41, 5.74) is 12.1. The fourth-order valence-corrected chi connectivity index (χ4v) is 3.35. The lowest BCUT2D eigenvalue weighted by Gasteiger charge is -2.21. The van der Waals surface area contributed by atoms with Crippen molar-refractivity contribution in [2.45, 2.75) is 50.4 Å². The standard InChI is InChI=1S/C18H27N5O5/c19-8-2-1-3-15(20)17(24)21-13-9-16(18(25)26)22(11-13)10-12-4-6-14(7-5-12)23(27)28/h4-7,13,15-16H,1-3,8-11,19-20H2,(H,21,24)(H,25,26)/t13-,15-,16-/m0/s1. The summed E-state index contributed by atoms with van der Waals surface area (Å²) in [6.07, 6.45) is 2.38. The van der Waals surface area contributed by atoms with Gasteiger partial charge < -0.3 is 21.9 Å². The zero-order chi connectivity index (χ0) is 20.7. The Balaban J connectivity index is 1.95. The third kappa shape index (κ3) is 5.98. The number of amides is 1. The molecule has 154 valence electrons. The minimum absolute atomic E-state index is 0.0197. The average molecular weight is 393 g/mol.